The lowest BCUT2D eigenvalue weighted by molar-refractivity contribution is 0.241. The molecule has 0 aliphatic rings. The van der Waals surface area contributed by atoms with Gasteiger partial charge in [-0.1, -0.05) is 17.4 Å². The second-order valence-corrected chi connectivity index (χ2v) is 2.06. The van der Waals surface area contributed by atoms with E-state index in [0.717, 1.165) is 0 Å². The summed E-state index contributed by atoms with van der Waals surface area (Å²) in [4.78, 5) is 9.71. The van der Waals surface area contributed by atoms with Gasteiger partial charge in [0.25, 0.3) is 0 Å². The highest BCUT2D eigenvalue weighted by atomic mass is 32.1. The summed E-state index contributed by atoms with van der Waals surface area (Å²) < 4.78 is 0.606. The Labute approximate surface area is 78.6 Å². The van der Waals surface area contributed by atoms with E-state index in [2.05, 4.69) is 39.3 Å². The van der Waals surface area contributed by atoms with Crippen LogP contribution in [0.15, 0.2) is 12.3 Å². The van der Waals surface area contributed by atoms with Gasteiger partial charge in [0.2, 0.25) is 0 Å². The van der Waals surface area contributed by atoms with Crippen molar-refractivity contribution in [3.63, 3.8) is 0 Å². The van der Waals surface area contributed by atoms with Crippen molar-refractivity contribution in [3.8, 4) is 0 Å². The smallest absolute Gasteiger partial charge is 0.275 e. The van der Waals surface area contributed by atoms with Crippen LogP contribution in [0.1, 0.15) is 0 Å². The van der Waals surface area contributed by atoms with E-state index in [1.807, 2.05) is 0 Å². The topological polar surface area (TPSA) is 135 Å². The number of amides is 2. The first-order valence-electron chi connectivity index (χ1n) is 3.04. The molecule has 0 unspecified atom stereocenters. The summed E-state index contributed by atoms with van der Waals surface area (Å²) in [5, 5.41) is 9.36. The minimum absolute atomic E-state index is 0.602. The molecule has 13 heavy (non-hydrogen) atoms. The van der Waals surface area contributed by atoms with Gasteiger partial charge in [-0.15, -0.1) is 5.10 Å². The molecule has 1 aromatic heterocycles. The number of hydrazine groups is 2. The van der Waals surface area contributed by atoms with E-state index in [1.165, 1.54) is 0 Å². The summed E-state index contributed by atoms with van der Waals surface area (Å²) >= 11 is 4.65. The van der Waals surface area contributed by atoms with Gasteiger partial charge < -0.3 is 0 Å². The van der Waals surface area contributed by atoms with Crippen molar-refractivity contribution < 1.29 is 4.79 Å². The highest BCUT2D eigenvalue weighted by Gasteiger charge is 1.83. The number of aromatic amines is 1. The maximum Gasteiger partial charge on any atom is 0.343 e. The molecule has 8 nitrogen and oxygen atoms in total. The lowest BCUT2D eigenvalue weighted by atomic mass is 10.7. The number of nitrogens with zero attached hydrogens (tertiary/aromatic N) is 2. The predicted octanol–water partition coefficient (Wildman–Crippen LogP) is -1.43. The van der Waals surface area contributed by atoms with Crippen LogP contribution in [-0.2, 0) is 0 Å². The van der Waals surface area contributed by atoms with Crippen molar-refractivity contribution in [1.29, 1.82) is 0 Å². The molecule has 0 aromatic carbocycles. The lowest BCUT2D eigenvalue weighted by Gasteiger charge is -1.90. The zero-order chi connectivity index (χ0) is 10.1. The molecule has 0 fully saturated rings. The predicted molar refractivity (Wildman–Crippen MR) is 47.3 cm³/mol. The van der Waals surface area contributed by atoms with Gasteiger partial charge >= 0.3 is 6.03 Å². The fraction of sp³-hybridized carbons (Fsp3) is 0. The van der Waals surface area contributed by atoms with Crippen LogP contribution in [0.2, 0.25) is 0 Å². The van der Waals surface area contributed by atoms with Crippen molar-refractivity contribution in [1.82, 2.24) is 26.3 Å². The molecule has 0 atom stereocenters. The fourth-order valence-corrected chi connectivity index (χ4v) is 0.393. The summed E-state index contributed by atoms with van der Waals surface area (Å²) in [6, 6.07) is 1.07. The number of nitrogens with one attached hydrogen (secondary N) is 3. The van der Waals surface area contributed by atoms with Crippen LogP contribution < -0.4 is 22.5 Å². The number of rotatable bonds is 0. The van der Waals surface area contributed by atoms with Crippen LogP contribution in [0, 0.1) is 4.64 Å². The summed E-state index contributed by atoms with van der Waals surface area (Å²) in [5.74, 6) is 9.08. The Kier molecular flexibility index (Phi) is 6.23. The van der Waals surface area contributed by atoms with Crippen LogP contribution in [0.5, 0.6) is 0 Å². The summed E-state index contributed by atoms with van der Waals surface area (Å²) in [6.07, 6.45) is 1.54. The van der Waals surface area contributed by atoms with Crippen LogP contribution >= 0.6 is 12.2 Å². The molecule has 0 bridgehead atoms. The number of urea groups is 1. The molecular weight excluding hydrogens is 194 g/mol. The van der Waals surface area contributed by atoms with Crippen LogP contribution in [0.4, 0.5) is 4.79 Å². The molecule has 0 radical (unpaired) electrons. The summed E-state index contributed by atoms with van der Waals surface area (Å²) in [5.41, 5.74) is 3.48. The molecule has 72 valence electrons. The summed E-state index contributed by atoms with van der Waals surface area (Å²) in [6.45, 7) is 0. The van der Waals surface area contributed by atoms with Crippen molar-refractivity contribution in [2.75, 3.05) is 0 Å². The van der Waals surface area contributed by atoms with Crippen LogP contribution in [0.3, 0.4) is 0 Å². The maximum absolute atomic E-state index is 9.71. The van der Waals surface area contributed by atoms with Gasteiger partial charge in [-0.2, -0.15) is 0 Å². The molecule has 0 spiro atoms. The third-order valence-electron chi connectivity index (χ3n) is 0.773. The monoisotopic (exact) mass is 203 g/mol. The van der Waals surface area contributed by atoms with E-state index in [-0.39, 0.29) is 0 Å². The molecule has 1 rings (SSSR count). The molecule has 1 heterocycles. The van der Waals surface area contributed by atoms with Crippen LogP contribution in [-0.4, -0.2) is 21.4 Å². The van der Waals surface area contributed by atoms with Crippen molar-refractivity contribution in [2.45, 2.75) is 0 Å². The molecule has 1 aromatic rings. The van der Waals surface area contributed by atoms with Crippen molar-refractivity contribution in [3.05, 3.63) is 16.9 Å². The standard InChI is InChI=1S/C3H3N3S.CH6N4O/c7-3-1-2-4-6-5-3;2-4-1(6)5-3/h1-2H,(H,4,5,7);2-3H2,(H2,4,5,6). The first-order chi connectivity index (χ1) is 6.20. The minimum Gasteiger partial charge on any atom is -0.275 e. The van der Waals surface area contributed by atoms with Gasteiger partial charge in [-0.3, -0.25) is 10.9 Å². The minimum atomic E-state index is -0.602. The zero-order valence-corrected chi connectivity index (χ0v) is 7.34. The maximum atomic E-state index is 9.71. The number of carbonyl (C=O) groups excluding carboxylic acids is 1. The van der Waals surface area contributed by atoms with Crippen molar-refractivity contribution >= 4 is 18.2 Å². The first kappa shape index (κ1) is 11.4. The molecule has 2 amide bonds. The van der Waals surface area contributed by atoms with Gasteiger partial charge in [0.15, 0.2) is 0 Å². The lowest BCUT2D eigenvalue weighted by Crippen LogP contribution is -2.43. The zero-order valence-electron chi connectivity index (χ0n) is 6.52. The Bertz CT molecular complexity index is 275. The fourth-order valence-electron chi connectivity index (χ4n) is 0.291. The molecule has 0 aliphatic heterocycles. The Balaban J connectivity index is 0.000000226. The quantitative estimate of drug-likeness (QED) is 0.152. The second kappa shape index (κ2) is 7.09. The average Bonchev–Trinajstić information content (AvgIpc) is 2.19. The third kappa shape index (κ3) is 6.80. The molecule has 0 saturated carbocycles. The molecule has 0 aliphatic carbocycles. The van der Waals surface area contributed by atoms with E-state index in [4.69, 9.17) is 0 Å². The SMILES string of the molecule is NNC(=O)NN.S=c1ccnn[nH]1. The van der Waals surface area contributed by atoms with E-state index >= 15 is 0 Å². The Morgan fingerprint density at radius 3 is 2.31 bits per heavy atom. The number of nitrogens with two attached hydrogens (primary N) is 2. The Hall–Kier alpha value is -1.58. The van der Waals surface area contributed by atoms with E-state index < -0.39 is 6.03 Å². The average molecular weight is 203 g/mol. The normalized spacial score (nSPS) is 7.85. The molecule has 7 N–H and O–H groups in total. The highest BCUT2D eigenvalue weighted by Crippen LogP contribution is 1.72. The highest BCUT2D eigenvalue weighted by molar-refractivity contribution is 7.71. The Morgan fingerprint density at radius 2 is 2.15 bits per heavy atom. The van der Waals surface area contributed by atoms with Gasteiger partial charge in [0.1, 0.15) is 4.64 Å². The third-order valence-corrected chi connectivity index (χ3v) is 1.00. The number of aromatic nitrogens is 3. The number of hydrogen-bond donors (Lipinski definition) is 5. The van der Waals surface area contributed by atoms with Gasteiger partial charge in [0.05, 0.1) is 6.20 Å². The van der Waals surface area contributed by atoms with Gasteiger partial charge in [0, 0.05) is 0 Å². The van der Waals surface area contributed by atoms with E-state index in [1.54, 1.807) is 23.1 Å². The number of carbonyl (C=O) groups is 1. The van der Waals surface area contributed by atoms with Gasteiger partial charge in [-0.05, 0) is 6.07 Å². The van der Waals surface area contributed by atoms with Crippen molar-refractivity contribution in [2.24, 2.45) is 11.7 Å². The molecule has 9 heteroatoms. The van der Waals surface area contributed by atoms with E-state index in [0.29, 0.717) is 4.64 Å². The van der Waals surface area contributed by atoms with Gasteiger partial charge in [-0.25, -0.2) is 21.6 Å². The Morgan fingerprint density at radius 1 is 1.54 bits per heavy atom. The number of hydrogen-bond acceptors (Lipinski definition) is 6. The summed E-state index contributed by atoms with van der Waals surface area (Å²) in [7, 11) is 0. The molecule has 0 saturated heterocycles. The number of H-pyrrole nitrogens is 1. The first-order valence-corrected chi connectivity index (χ1v) is 3.45. The second-order valence-electron chi connectivity index (χ2n) is 1.63. The molecular formula is C4H9N7OS. The largest absolute Gasteiger partial charge is 0.343 e. The van der Waals surface area contributed by atoms with Crippen LogP contribution in [0.25, 0.3) is 0 Å². The van der Waals surface area contributed by atoms with E-state index in [9.17, 15) is 4.79 Å².